The zero-order valence-electron chi connectivity index (χ0n) is 14.1. The molecule has 3 atom stereocenters. The van der Waals surface area contributed by atoms with Crippen molar-refractivity contribution in [2.24, 2.45) is 11.3 Å². The summed E-state index contributed by atoms with van der Waals surface area (Å²) in [4.78, 5) is 25.8. The summed E-state index contributed by atoms with van der Waals surface area (Å²) in [5.74, 6) is 0.166. The Morgan fingerprint density at radius 2 is 2.17 bits per heavy atom. The fraction of sp³-hybridized carbons (Fsp3) is 0.647. The van der Waals surface area contributed by atoms with E-state index < -0.39 is 12.0 Å². The van der Waals surface area contributed by atoms with Crippen LogP contribution in [0.4, 0.5) is 0 Å². The van der Waals surface area contributed by atoms with Crippen molar-refractivity contribution >= 4 is 23.6 Å². The molecule has 1 aliphatic rings. The monoisotopic (exact) mass is 339 g/mol. The average molecular weight is 339 g/mol. The van der Waals surface area contributed by atoms with Crippen molar-refractivity contribution in [3.8, 4) is 0 Å². The molecule has 1 amide bonds. The van der Waals surface area contributed by atoms with E-state index in [4.69, 9.17) is 4.42 Å². The number of nitrogens with zero attached hydrogens (tertiary/aromatic N) is 1. The van der Waals surface area contributed by atoms with Crippen LogP contribution in [0.5, 0.6) is 0 Å². The van der Waals surface area contributed by atoms with Gasteiger partial charge < -0.3 is 14.4 Å². The number of aliphatic carboxylic acids is 1. The van der Waals surface area contributed by atoms with E-state index in [1.807, 2.05) is 6.92 Å². The third-order valence-corrected chi connectivity index (χ3v) is 5.13. The van der Waals surface area contributed by atoms with Crippen LogP contribution in [-0.4, -0.2) is 33.7 Å². The van der Waals surface area contributed by atoms with Gasteiger partial charge in [0.15, 0.2) is 0 Å². The summed E-state index contributed by atoms with van der Waals surface area (Å²) in [6, 6.07) is 2.76. The van der Waals surface area contributed by atoms with Gasteiger partial charge in [-0.15, -0.1) is 11.8 Å². The largest absolute Gasteiger partial charge is 0.480 e. The molecule has 2 heterocycles. The number of amides is 1. The average Bonchev–Trinajstić information content (AvgIpc) is 3.05. The van der Waals surface area contributed by atoms with Gasteiger partial charge in [-0.25, -0.2) is 4.79 Å². The van der Waals surface area contributed by atoms with Gasteiger partial charge in [0.2, 0.25) is 5.91 Å². The smallest absolute Gasteiger partial charge is 0.327 e. The molecular formula is C17H25NO4S. The number of rotatable bonds is 5. The molecule has 23 heavy (non-hydrogen) atoms. The van der Waals surface area contributed by atoms with Crippen LogP contribution < -0.4 is 0 Å². The maximum Gasteiger partial charge on any atom is 0.327 e. The molecule has 1 aromatic heterocycles. The summed E-state index contributed by atoms with van der Waals surface area (Å²) in [6.45, 7) is 8.48. The molecule has 0 spiro atoms. The first-order valence-corrected chi connectivity index (χ1v) is 8.93. The molecule has 128 valence electrons. The summed E-state index contributed by atoms with van der Waals surface area (Å²) in [6.07, 6.45) is 2.83. The molecule has 3 unspecified atom stereocenters. The Hall–Kier alpha value is -1.43. The molecule has 0 saturated carbocycles. The molecule has 6 heteroatoms. The third-order valence-electron chi connectivity index (χ3n) is 3.84. The first-order chi connectivity index (χ1) is 10.7. The van der Waals surface area contributed by atoms with E-state index in [9.17, 15) is 14.7 Å². The second-order valence-corrected chi connectivity index (χ2v) is 8.54. The number of carbonyl (C=O) groups excluding carboxylic acids is 1. The first kappa shape index (κ1) is 17.9. The van der Waals surface area contributed by atoms with Gasteiger partial charge >= 0.3 is 5.97 Å². The van der Waals surface area contributed by atoms with Crippen LogP contribution in [0.3, 0.4) is 0 Å². The summed E-state index contributed by atoms with van der Waals surface area (Å²) >= 11 is 1.44. The van der Waals surface area contributed by atoms with E-state index in [0.29, 0.717) is 17.9 Å². The van der Waals surface area contributed by atoms with E-state index in [1.54, 1.807) is 18.4 Å². The molecule has 1 fully saturated rings. The minimum atomic E-state index is -0.955. The lowest BCUT2D eigenvalue weighted by atomic mass is 9.84. The zero-order valence-corrected chi connectivity index (χ0v) is 14.9. The summed E-state index contributed by atoms with van der Waals surface area (Å²) in [7, 11) is 0. The standard InChI is InChI=1S/C17H25NO4S/c1-11(9-17(2,3)4)8-14(19)18-12(16(20)21)10-23-15(18)13-6-5-7-22-13/h5-7,11-12,15H,8-10H2,1-4H3,(H,20,21). The molecule has 1 saturated heterocycles. The van der Waals surface area contributed by atoms with Crippen molar-refractivity contribution in [3.05, 3.63) is 24.2 Å². The highest BCUT2D eigenvalue weighted by molar-refractivity contribution is 7.99. The normalized spacial score (nSPS) is 23.0. The van der Waals surface area contributed by atoms with Gasteiger partial charge in [-0.2, -0.15) is 0 Å². The third kappa shape index (κ3) is 4.53. The lowest BCUT2D eigenvalue weighted by Gasteiger charge is -2.29. The Bertz CT molecular complexity index is 549. The number of thioether (sulfide) groups is 1. The Morgan fingerprint density at radius 3 is 2.70 bits per heavy atom. The fourth-order valence-corrected chi connectivity index (χ4v) is 4.56. The molecule has 1 aliphatic heterocycles. The van der Waals surface area contributed by atoms with E-state index >= 15 is 0 Å². The molecule has 5 nitrogen and oxygen atoms in total. The lowest BCUT2D eigenvalue weighted by molar-refractivity contribution is -0.149. The molecule has 2 rings (SSSR count). The number of carbonyl (C=O) groups is 2. The number of carboxylic acids is 1. The van der Waals surface area contributed by atoms with Crippen molar-refractivity contribution in [1.29, 1.82) is 0 Å². The van der Waals surface area contributed by atoms with Crippen molar-refractivity contribution in [1.82, 2.24) is 4.90 Å². The van der Waals surface area contributed by atoms with E-state index in [0.717, 1.165) is 6.42 Å². The van der Waals surface area contributed by atoms with Crippen molar-refractivity contribution in [2.45, 2.75) is 52.0 Å². The fourth-order valence-electron chi connectivity index (χ4n) is 3.17. The number of hydrogen-bond acceptors (Lipinski definition) is 4. The molecule has 1 aromatic rings. The van der Waals surface area contributed by atoms with Gasteiger partial charge in [0.25, 0.3) is 0 Å². The Balaban J connectivity index is 2.13. The molecule has 0 bridgehead atoms. The second kappa shape index (κ2) is 6.99. The van der Waals surface area contributed by atoms with Crippen LogP contribution in [-0.2, 0) is 9.59 Å². The predicted molar refractivity (Wildman–Crippen MR) is 90.0 cm³/mol. The SMILES string of the molecule is CC(CC(=O)N1C(C(=O)O)CSC1c1ccco1)CC(C)(C)C. The van der Waals surface area contributed by atoms with Crippen molar-refractivity contribution in [3.63, 3.8) is 0 Å². The highest BCUT2D eigenvalue weighted by Crippen LogP contribution is 2.42. The minimum Gasteiger partial charge on any atom is -0.480 e. The Kier molecular flexibility index (Phi) is 5.45. The maximum absolute atomic E-state index is 12.8. The van der Waals surface area contributed by atoms with E-state index in [2.05, 4.69) is 20.8 Å². The predicted octanol–water partition coefficient (Wildman–Crippen LogP) is 3.77. The highest BCUT2D eigenvalue weighted by Gasteiger charge is 2.43. The van der Waals surface area contributed by atoms with Gasteiger partial charge in [-0.1, -0.05) is 27.7 Å². The number of furan rings is 1. The van der Waals surface area contributed by atoms with E-state index in [1.165, 1.54) is 16.7 Å². The van der Waals surface area contributed by atoms with Crippen LogP contribution in [0.25, 0.3) is 0 Å². The second-order valence-electron chi connectivity index (χ2n) is 7.43. The van der Waals surface area contributed by atoms with Crippen LogP contribution in [0.1, 0.15) is 51.7 Å². The molecule has 0 aliphatic carbocycles. The van der Waals surface area contributed by atoms with Gasteiger partial charge in [-0.3, -0.25) is 4.79 Å². The van der Waals surface area contributed by atoms with Crippen LogP contribution >= 0.6 is 11.8 Å². The van der Waals surface area contributed by atoms with Gasteiger partial charge in [0.05, 0.1) is 6.26 Å². The topological polar surface area (TPSA) is 70.8 Å². The summed E-state index contributed by atoms with van der Waals surface area (Å²) in [5.41, 5.74) is 0.145. The number of carboxylic acid groups (broad SMARTS) is 1. The van der Waals surface area contributed by atoms with Crippen LogP contribution in [0.15, 0.2) is 22.8 Å². The van der Waals surface area contributed by atoms with Gasteiger partial charge in [0.1, 0.15) is 17.2 Å². The lowest BCUT2D eigenvalue weighted by Crippen LogP contribution is -2.43. The quantitative estimate of drug-likeness (QED) is 0.884. The zero-order chi connectivity index (χ0) is 17.2. The maximum atomic E-state index is 12.8. The summed E-state index contributed by atoms with van der Waals surface area (Å²) in [5, 5.41) is 9.08. The molecule has 0 radical (unpaired) electrons. The Labute approximate surface area is 141 Å². The van der Waals surface area contributed by atoms with Crippen LogP contribution in [0.2, 0.25) is 0 Å². The molecular weight excluding hydrogens is 314 g/mol. The summed E-state index contributed by atoms with van der Waals surface area (Å²) < 4.78 is 5.40. The van der Waals surface area contributed by atoms with E-state index in [-0.39, 0.29) is 22.6 Å². The van der Waals surface area contributed by atoms with Gasteiger partial charge in [0, 0.05) is 12.2 Å². The minimum absolute atomic E-state index is 0.111. The Morgan fingerprint density at radius 1 is 1.48 bits per heavy atom. The van der Waals surface area contributed by atoms with Crippen molar-refractivity contribution in [2.75, 3.05) is 5.75 Å². The molecule has 0 aromatic carbocycles. The number of hydrogen-bond donors (Lipinski definition) is 1. The highest BCUT2D eigenvalue weighted by atomic mass is 32.2. The van der Waals surface area contributed by atoms with Crippen LogP contribution in [0, 0.1) is 11.3 Å². The van der Waals surface area contributed by atoms with Crippen molar-refractivity contribution < 1.29 is 19.1 Å². The molecule has 1 N–H and O–H groups in total. The first-order valence-electron chi connectivity index (χ1n) is 7.88. The van der Waals surface area contributed by atoms with Gasteiger partial charge in [-0.05, 0) is 29.9 Å².